The quantitative estimate of drug-likeness (QED) is 0.586. The van der Waals surface area contributed by atoms with Crippen LogP contribution in [0.3, 0.4) is 0 Å². The number of hydrogen-bond donors (Lipinski definition) is 0. The molecule has 3 rings (SSSR count). The van der Waals surface area contributed by atoms with Crippen molar-refractivity contribution < 1.29 is 4.79 Å². The molecule has 2 fully saturated rings. The third-order valence-corrected chi connectivity index (χ3v) is 3.88. The number of carbonyl (C=O) groups excluding carboxylic acids is 1. The Kier molecular flexibility index (Phi) is 2.77. The molecule has 0 aromatic carbocycles. The molecule has 2 saturated carbocycles. The monoisotopic (exact) mass is 228 g/mol. The highest BCUT2D eigenvalue weighted by atomic mass is 16.1. The lowest BCUT2D eigenvalue weighted by Crippen LogP contribution is -1.96. The van der Waals surface area contributed by atoms with E-state index in [9.17, 15) is 4.79 Å². The van der Waals surface area contributed by atoms with Crippen LogP contribution in [0.5, 0.6) is 0 Å². The summed E-state index contributed by atoms with van der Waals surface area (Å²) >= 11 is 0. The zero-order valence-corrected chi connectivity index (χ0v) is 9.85. The minimum atomic E-state index is 0.528. The molecule has 0 aliphatic heterocycles. The van der Waals surface area contributed by atoms with Crippen LogP contribution in [0.15, 0.2) is 17.3 Å². The maximum atomic E-state index is 10.5. The zero-order chi connectivity index (χ0) is 11.7. The van der Waals surface area contributed by atoms with Gasteiger partial charge >= 0.3 is 0 Å². The van der Waals surface area contributed by atoms with Crippen molar-refractivity contribution >= 4 is 11.8 Å². The molecule has 0 amide bonds. The molecule has 0 unspecified atom stereocenters. The summed E-state index contributed by atoms with van der Waals surface area (Å²) in [6, 6.07) is 2.06. The van der Waals surface area contributed by atoms with E-state index in [-0.39, 0.29) is 0 Å². The molecule has 1 aromatic rings. The van der Waals surface area contributed by atoms with E-state index >= 15 is 0 Å². The third kappa shape index (κ3) is 2.16. The van der Waals surface area contributed by atoms with Gasteiger partial charge < -0.3 is 0 Å². The molecule has 2 aliphatic carbocycles. The lowest BCUT2D eigenvalue weighted by molar-refractivity contribution is 0.565. The summed E-state index contributed by atoms with van der Waals surface area (Å²) in [5, 5.41) is 0. The minimum absolute atomic E-state index is 0.528. The maximum absolute atomic E-state index is 10.5. The van der Waals surface area contributed by atoms with Gasteiger partial charge in [0.25, 0.3) is 0 Å². The zero-order valence-electron chi connectivity index (χ0n) is 9.85. The summed E-state index contributed by atoms with van der Waals surface area (Å²) in [4.78, 5) is 18.8. The molecular weight excluding hydrogens is 212 g/mol. The summed E-state index contributed by atoms with van der Waals surface area (Å²) in [7, 11) is 0. The smallest absolute Gasteiger partial charge is 0.240 e. The van der Waals surface area contributed by atoms with E-state index in [0.717, 1.165) is 11.4 Å². The molecule has 1 heterocycles. The van der Waals surface area contributed by atoms with Crippen molar-refractivity contribution in [2.24, 2.45) is 4.99 Å². The third-order valence-electron chi connectivity index (χ3n) is 3.88. The van der Waals surface area contributed by atoms with Crippen LogP contribution in [0.1, 0.15) is 61.6 Å². The Balaban J connectivity index is 1.95. The van der Waals surface area contributed by atoms with E-state index in [4.69, 9.17) is 0 Å². The second-order valence-corrected chi connectivity index (χ2v) is 5.13. The first-order valence-electron chi connectivity index (χ1n) is 6.46. The van der Waals surface area contributed by atoms with E-state index in [0.29, 0.717) is 11.8 Å². The summed E-state index contributed by atoms with van der Waals surface area (Å²) in [6.07, 6.45) is 11.1. The number of nitrogens with zero attached hydrogens (tertiary/aromatic N) is 2. The van der Waals surface area contributed by atoms with Crippen molar-refractivity contribution in [2.75, 3.05) is 0 Å². The fourth-order valence-electron chi connectivity index (χ4n) is 2.77. The fraction of sp³-hybridized carbons (Fsp3) is 0.571. The van der Waals surface area contributed by atoms with Crippen molar-refractivity contribution in [1.82, 2.24) is 4.98 Å². The number of pyridine rings is 1. The van der Waals surface area contributed by atoms with Crippen LogP contribution in [-0.4, -0.2) is 11.1 Å². The van der Waals surface area contributed by atoms with Crippen LogP contribution in [0.25, 0.3) is 0 Å². The maximum Gasteiger partial charge on any atom is 0.240 e. The highest BCUT2D eigenvalue weighted by molar-refractivity contribution is 5.54. The first-order valence-corrected chi connectivity index (χ1v) is 6.46. The Labute approximate surface area is 101 Å². The average molecular weight is 228 g/mol. The molecule has 0 bridgehead atoms. The first kappa shape index (κ1) is 10.7. The van der Waals surface area contributed by atoms with E-state index in [1.807, 2.05) is 6.20 Å². The molecule has 0 N–H and O–H groups in total. The lowest BCUT2D eigenvalue weighted by atomic mass is 9.98. The molecule has 88 valence electrons. The molecule has 1 aromatic heterocycles. The van der Waals surface area contributed by atoms with Gasteiger partial charge in [0.1, 0.15) is 0 Å². The van der Waals surface area contributed by atoms with Crippen molar-refractivity contribution in [3.05, 3.63) is 23.5 Å². The molecule has 3 heteroatoms. The Morgan fingerprint density at radius 1 is 1.18 bits per heavy atom. The van der Waals surface area contributed by atoms with Gasteiger partial charge in [-0.05, 0) is 43.2 Å². The van der Waals surface area contributed by atoms with E-state index in [1.54, 1.807) is 6.08 Å². The largest absolute Gasteiger partial charge is 0.258 e. The highest BCUT2D eigenvalue weighted by Gasteiger charge is 2.28. The van der Waals surface area contributed by atoms with Crippen LogP contribution >= 0.6 is 0 Å². The molecular formula is C14H16N2O. The minimum Gasteiger partial charge on any atom is -0.258 e. The average Bonchev–Trinajstić information content (AvgIpc) is 3.04. The van der Waals surface area contributed by atoms with Gasteiger partial charge in [-0.3, -0.25) is 4.98 Å². The molecule has 0 saturated heterocycles. The second kappa shape index (κ2) is 4.42. The van der Waals surface area contributed by atoms with Gasteiger partial charge in [0, 0.05) is 12.1 Å². The van der Waals surface area contributed by atoms with Gasteiger partial charge in [0.15, 0.2) is 0 Å². The van der Waals surface area contributed by atoms with Crippen molar-refractivity contribution in [3.8, 4) is 0 Å². The van der Waals surface area contributed by atoms with E-state index < -0.39 is 0 Å². The summed E-state index contributed by atoms with van der Waals surface area (Å²) in [5.41, 5.74) is 3.00. The Morgan fingerprint density at radius 3 is 2.59 bits per heavy atom. The van der Waals surface area contributed by atoms with Crippen LogP contribution in [0.2, 0.25) is 0 Å². The Morgan fingerprint density at radius 2 is 1.94 bits per heavy atom. The van der Waals surface area contributed by atoms with Crippen molar-refractivity contribution in [3.63, 3.8) is 0 Å². The van der Waals surface area contributed by atoms with Crippen LogP contribution < -0.4 is 0 Å². The predicted molar refractivity (Wildman–Crippen MR) is 65.2 cm³/mol. The van der Waals surface area contributed by atoms with Crippen LogP contribution in [0.4, 0.5) is 5.69 Å². The number of hydrogen-bond acceptors (Lipinski definition) is 3. The number of aromatic nitrogens is 1. The Bertz CT molecular complexity index is 467. The number of isocyanates is 1. The Hall–Kier alpha value is -1.47. The van der Waals surface area contributed by atoms with Gasteiger partial charge in [-0.1, -0.05) is 12.8 Å². The molecule has 2 aliphatic rings. The van der Waals surface area contributed by atoms with E-state index in [1.165, 1.54) is 44.1 Å². The SMILES string of the molecule is O=C=Nc1cc(C2CCCC2)cnc1C1CC1. The van der Waals surface area contributed by atoms with Crippen LogP contribution in [-0.2, 0) is 4.79 Å². The predicted octanol–water partition coefficient (Wildman–Crippen LogP) is 3.58. The van der Waals surface area contributed by atoms with E-state index in [2.05, 4.69) is 16.0 Å². The normalized spacial score (nSPS) is 20.2. The number of rotatable bonds is 3. The molecule has 0 spiro atoms. The highest BCUT2D eigenvalue weighted by Crippen LogP contribution is 2.44. The molecule has 3 nitrogen and oxygen atoms in total. The molecule has 0 atom stereocenters. The fourth-order valence-corrected chi connectivity index (χ4v) is 2.77. The van der Waals surface area contributed by atoms with Gasteiger partial charge in [0.05, 0.1) is 11.4 Å². The topological polar surface area (TPSA) is 42.3 Å². The van der Waals surface area contributed by atoms with Gasteiger partial charge in [-0.25, -0.2) is 4.79 Å². The van der Waals surface area contributed by atoms with Crippen molar-refractivity contribution in [2.45, 2.75) is 50.4 Å². The lowest BCUT2D eigenvalue weighted by Gasteiger charge is -2.11. The summed E-state index contributed by atoms with van der Waals surface area (Å²) < 4.78 is 0. The summed E-state index contributed by atoms with van der Waals surface area (Å²) in [5.74, 6) is 1.15. The van der Waals surface area contributed by atoms with Crippen molar-refractivity contribution in [1.29, 1.82) is 0 Å². The molecule has 17 heavy (non-hydrogen) atoms. The standard InChI is InChI=1S/C14H16N2O/c17-9-16-13-7-12(10-3-1-2-4-10)8-15-14(13)11-5-6-11/h7-8,10-11H,1-6H2. The van der Waals surface area contributed by atoms with Gasteiger partial charge in [-0.2, -0.15) is 4.99 Å². The van der Waals surface area contributed by atoms with Gasteiger partial charge in [0.2, 0.25) is 6.08 Å². The second-order valence-electron chi connectivity index (χ2n) is 5.13. The van der Waals surface area contributed by atoms with Gasteiger partial charge in [-0.15, -0.1) is 0 Å². The first-order chi connectivity index (χ1) is 8.38. The van der Waals surface area contributed by atoms with Crippen LogP contribution in [0, 0.1) is 0 Å². The summed E-state index contributed by atoms with van der Waals surface area (Å²) in [6.45, 7) is 0. The number of aliphatic imine (C=N–C) groups is 1. The molecule has 0 radical (unpaired) electrons.